The monoisotopic (exact) mass is 815 g/mol. The van der Waals surface area contributed by atoms with Gasteiger partial charge in [-0.3, -0.25) is 9.88 Å². The zero-order valence-electron chi connectivity index (χ0n) is 31.1. The SMILES string of the molecule is CC(C)c1cc(C(C)C)c(NCCN(CCNc2c(C(C)C)cc(C(C)C)cc2C(C)C)Cc2ccccn2)c(C(C)C)c1.[Br-].[Br-].[Co+2]. The molecule has 2 N–H and O–H groups in total. The third-order valence-electron chi connectivity index (χ3n) is 8.84. The molecule has 0 aliphatic heterocycles. The number of anilines is 2. The summed E-state index contributed by atoms with van der Waals surface area (Å²) >= 11 is 0. The summed E-state index contributed by atoms with van der Waals surface area (Å²) in [4.78, 5) is 7.21. The molecule has 0 amide bonds. The molecule has 0 unspecified atom stereocenters. The second kappa shape index (κ2) is 21.6. The molecule has 0 saturated carbocycles. The predicted octanol–water partition coefficient (Wildman–Crippen LogP) is 4.85. The van der Waals surface area contributed by atoms with E-state index in [0.29, 0.717) is 35.5 Å². The van der Waals surface area contributed by atoms with E-state index in [0.717, 1.165) is 38.4 Å². The predicted molar refractivity (Wildman–Crippen MR) is 194 cm³/mol. The maximum absolute atomic E-state index is 4.67. The summed E-state index contributed by atoms with van der Waals surface area (Å²) < 4.78 is 0. The van der Waals surface area contributed by atoms with Gasteiger partial charge in [0.05, 0.1) is 5.69 Å². The summed E-state index contributed by atoms with van der Waals surface area (Å²) in [5.41, 5.74) is 12.4. The summed E-state index contributed by atoms with van der Waals surface area (Å²) in [6, 6.07) is 16.0. The molecule has 1 heterocycles. The molecule has 1 aromatic heterocycles. The minimum absolute atomic E-state index is 0. The van der Waals surface area contributed by atoms with Gasteiger partial charge in [0.15, 0.2) is 0 Å². The van der Waals surface area contributed by atoms with E-state index in [1.165, 1.54) is 44.8 Å². The van der Waals surface area contributed by atoms with Crippen LogP contribution < -0.4 is 44.6 Å². The van der Waals surface area contributed by atoms with Crippen LogP contribution in [0.1, 0.15) is 158 Å². The number of pyridine rings is 1. The first kappa shape index (κ1) is 45.6. The minimum atomic E-state index is 0. The first-order valence-corrected chi connectivity index (χ1v) is 17.2. The van der Waals surface area contributed by atoms with Gasteiger partial charge in [0.2, 0.25) is 0 Å². The third kappa shape index (κ3) is 13.1. The number of hydrogen-bond donors (Lipinski definition) is 2. The molecule has 0 bridgehead atoms. The molecule has 1 radical (unpaired) electrons. The molecule has 0 atom stereocenters. The summed E-state index contributed by atoms with van der Waals surface area (Å²) in [5, 5.41) is 7.83. The third-order valence-corrected chi connectivity index (χ3v) is 8.84. The molecule has 3 aromatic rings. The Morgan fingerprint density at radius 2 is 0.915 bits per heavy atom. The van der Waals surface area contributed by atoms with Crippen LogP contribution in [0.5, 0.6) is 0 Å². The second-order valence-corrected chi connectivity index (χ2v) is 14.5. The normalized spacial score (nSPS) is 11.4. The van der Waals surface area contributed by atoms with Crippen LogP contribution in [0.15, 0.2) is 48.7 Å². The number of benzene rings is 2. The number of nitrogens with zero attached hydrogens (tertiary/aromatic N) is 2. The molecule has 0 aliphatic rings. The Hall–Kier alpha value is -1.38. The van der Waals surface area contributed by atoms with Crippen LogP contribution in [0.2, 0.25) is 0 Å². The van der Waals surface area contributed by atoms with Crippen LogP contribution in [0.4, 0.5) is 11.4 Å². The molecule has 0 fully saturated rings. The van der Waals surface area contributed by atoms with Gasteiger partial charge in [-0.05, 0) is 81.0 Å². The molecule has 0 saturated heterocycles. The molecule has 4 nitrogen and oxygen atoms in total. The summed E-state index contributed by atoms with van der Waals surface area (Å²) in [5.74, 6) is 2.92. The fourth-order valence-electron chi connectivity index (χ4n) is 5.99. The van der Waals surface area contributed by atoms with Gasteiger partial charge in [0.1, 0.15) is 0 Å². The van der Waals surface area contributed by atoms with E-state index in [4.69, 9.17) is 0 Å². The van der Waals surface area contributed by atoms with Gasteiger partial charge in [-0.25, -0.2) is 0 Å². The van der Waals surface area contributed by atoms with E-state index in [2.05, 4.69) is 140 Å². The van der Waals surface area contributed by atoms with Gasteiger partial charge in [0.25, 0.3) is 0 Å². The van der Waals surface area contributed by atoms with E-state index in [1.807, 2.05) is 12.3 Å². The zero-order chi connectivity index (χ0) is 32.6. The van der Waals surface area contributed by atoms with E-state index in [-0.39, 0.29) is 50.7 Å². The fraction of sp³-hybridized carbons (Fsp3) is 0.575. The van der Waals surface area contributed by atoms with E-state index >= 15 is 0 Å². The van der Waals surface area contributed by atoms with Crippen molar-refractivity contribution in [3.8, 4) is 0 Å². The van der Waals surface area contributed by atoms with Gasteiger partial charge >= 0.3 is 16.8 Å². The average molecular weight is 818 g/mol. The van der Waals surface area contributed by atoms with Crippen molar-refractivity contribution in [1.29, 1.82) is 0 Å². The molecule has 0 aliphatic carbocycles. The van der Waals surface area contributed by atoms with Crippen LogP contribution in [-0.4, -0.2) is 36.1 Å². The molecule has 265 valence electrons. The van der Waals surface area contributed by atoms with Crippen LogP contribution in [0.25, 0.3) is 0 Å². The standard InChI is InChI=1S/C40H62N4.2BrH.Co/c1-26(2)32-21-35(28(5)6)39(36(22-32)29(7)8)42-17-19-44(25-34-15-13-14-16-41-34)20-18-43-40-37(30(9)10)23-33(27(3)4)24-38(40)31(11)12;;;/h13-16,21-24,26-31,42-43H,17-20,25H2,1-12H3;2*1H;/q;;;+2/p-2. The van der Waals surface area contributed by atoms with E-state index < -0.39 is 0 Å². The quantitative estimate of drug-likeness (QED) is 0.217. The molecular formula is C40H62Br2CoN4. The first-order chi connectivity index (χ1) is 20.8. The zero-order valence-corrected chi connectivity index (χ0v) is 35.3. The fourth-order valence-corrected chi connectivity index (χ4v) is 5.99. The van der Waals surface area contributed by atoms with E-state index in [1.54, 1.807) is 0 Å². The number of nitrogens with one attached hydrogen (secondary N) is 2. The Morgan fingerprint density at radius 1 is 0.553 bits per heavy atom. The molecular weight excluding hydrogens is 755 g/mol. The Kier molecular flexibility index (Phi) is 21.0. The topological polar surface area (TPSA) is 40.2 Å². The van der Waals surface area contributed by atoms with Crippen molar-refractivity contribution < 1.29 is 50.7 Å². The Bertz CT molecular complexity index is 1180. The van der Waals surface area contributed by atoms with Crippen molar-refractivity contribution in [2.24, 2.45) is 0 Å². The van der Waals surface area contributed by atoms with E-state index in [9.17, 15) is 0 Å². The molecule has 7 heteroatoms. The summed E-state index contributed by atoms with van der Waals surface area (Å²) in [6.07, 6.45) is 1.91. The average Bonchev–Trinajstić information content (AvgIpc) is 2.96. The molecule has 2 aromatic carbocycles. The molecule has 0 spiro atoms. The van der Waals surface area contributed by atoms with Crippen molar-refractivity contribution in [2.75, 3.05) is 36.8 Å². The maximum Gasteiger partial charge on any atom is 2.00 e. The largest absolute Gasteiger partial charge is 2.00 e. The van der Waals surface area contributed by atoms with Gasteiger partial charge in [-0.2, -0.15) is 0 Å². The number of aromatic nitrogens is 1. The Morgan fingerprint density at radius 3 is 1.19 bits per heavy atom. The van der Waals surface area contributed by atoms with Crippen molar-refractivity contribution in [1.82, 2.24) is 9.88 Å². The Labute approximate surface area is 319 Å². The number of rotatable bonds is 16. The van der Waals surface area contributed by atoms with Crippen molar-refractivity contribution in [3.63, 3.8) is 0 Å². The molecule has 47 heavy (non-hydrogen) atoms. The van der Waals surface area contributed by atoms with Gasteiger partial charge in [-0.1, -0.05) is 113 Å². The van der Waals surface area contributed by atoms with Gasteiger partial charge < -0.3 is 44.6 Å². The molecule has 3 rings (SSSR count). The van der Waals surface area contributed by atoms with Crippen molar-refractivity contribution >= 4 is 11.4 Å². The van der Waals surface area contributed by atoms with Crippen LogP contribution in [-0.2, 0) is 23.3 Å². The number of halogens is 2. The van der Waals surface area contributed by atoms with Crippen LogP contribution >= 0.6 is 0 Å². The van der Waals surface area contributed by atoms with Crippen LogP contribution in [0.3, 0.4) is 0 Å². The van der Waals surface area contributed by atoms with Gasteiger partial charge in [-0.15, -0.1) is 0 Å². The smallest absolute Gasteiger partial charge is 1.00 e. The summed E-state index contributed by atoms with van der Waals surface area (Å²) in [6.45, 7) is 32.3. The second-order valence-electron chi connectivity index (χ2n) is 14.5. The minimum Gasteiger partial charge on any atom is -1.00 e. The van der Waals surface area contributed by atoms with Crippen molar-refractivity contribution in [2.45, 2.75) is 125 Å². The number of hydrogen-bond acceptors (Lipinski definition) is 4. The van der Waals surface area contributed by atoms with Crippen molar-refractivity contribution in [3.05, 3.63) is 87.7 Å². The summed E-state index contributed by atoms with van der Waals surface area (Å²) in [7, 11) is 0. The van der Waals surface area contributed by atoms with Crippen LogP contribution in [0, 0.1) is 0 Å². The first-order valence-electron chi connectivity index (χ1n) is 17.2. The maximum atomic E-state index is 4.67. The Balaban J connectivity index is 0.00000705. The van der Waals surface area contributed by atoms with Gasteiger partial charge in [0, 0.05) is 50.3 Å².